The monoisotopic (exact) mass is 289 g/mol. The normalized spacial score (nSPS) is 11.3. The van der Waals surface area contributed by atoms with Crippen LogP contribution < -0.4 is 0 Å². The number of nitro benzene ring substituents is 1. The molecular formula is C11H12ClNO4S. The van der Waals surface area contributed by atoms with Crippen LogP contribution in [0.4, 0.5) is 5.69 Å². The average molecular weight is 290 g/mol. The summed E-state index contributed by atoms with van der Waals surface area (Å²) < 4.78 is -0.246. The van der Waals surface area contributed by atoms with Gasteiger partial charge in [-0.15, -0.1) is 11.8 Å². The number of non-ortho nitro benzene ring substituents is 1. The Hall–Kier alpha value is -1.27. The third kappa shape index (κ3) is 3.61. The van der Waals surface area contributed by atoms with E-state index in [9.17, 15) is 14.9 Å². The molecule has 0 radical (unpaired) electrons. The zero-order valence-electron chi connectivity index (χ0n) is 10.1. The van der Waals surface area contributed by atoms with Crippen molar-refractivity contribution in [1.82, 2.24) is 0 Å². The lowest BCUT2D eigenvalue weighted by atomic mass is 10.2. The Bertz CT molecular complexity index is 511. The van der Waals surface area contributed by atoms with Crippen LogP contribution >= 0.6 is 23.4 Å². The molecule has 1 rings (SSSR count). The molecule has 98 valence electrons. The molecule has 0 spiro atoms. The van der Waals surface area contributed by atoms with Crippen molar-refractivity contribution in [3.05, 3.63) is 32.8 Å². The van der Waals surface area contributed by atoms with Crippen molar-refractivity contribution in [3.63, 3.8) is 0 Å². The van der Waals surface area contributed by atoms with Gasteiger partial charge in [0.2, 0.25) is 0 Å². The fourth-order valence-corrected chi connectivity index (χ4v) is 2.61. The van der Waals surface area contributed by atoms with Crippen molar-refractivity contribution in [2.24, 2.45) is 0 Å². The maximum absolute atomic E-state index is 11.1. The van der Waals surface area contributed by atoms with Crippen LogP contribution in [0.1, 0.15) is 31.1 Å². The van der Waals surface area contributed by atoms with E-state index in [1.807, 2.05) is 20.8 Å². The largest absolute Gasteiger partial charge is 0.478 e. The number of nitrogens with zero attached hydrogens (tertiary/aromatic N) is 1. The predicted molar refractivity (Wildman–Crippen MR) is 70.7 cm³/mol. The highest BCUT2D eigenvalue weighted by atomic mass is 35.5. The molecule has 1 aromatic rings. The maximum atomic E-state index is 11.1. The minimum atomic E-state index is -1.23. The fourth-order valence-electron chi connectivity index (χ4n) is 1.25. The van der Waals surface area contributed by atoms with Crippen LogP contribution in [0.15, 0.2) is 17.0 Å². The molecule has 18 heavy (non-hydrogen) atoms. The quantitative estimate of drug-likeness (QED) is 0.519. The first kappa shape index (κ1) is 14.8. The van der Waals surface area contributed by atoms with Gasteiger partial charge in [0.15, 0.2) is 0 Å². The van der Waals surface area contributed by atoms with Crippen LogP contribution in [0.5, 0.6) is 0 Å². The second kappa shape index (κ2) is 5.16. The predicted octanol–water partition coefficient (Wildman–Crippen LogP) is 3.84. The summed E-state index contributed by atoms with van der Waals surface area (Å²) in [6.45, 7) is 5.71. The van der Waals surface area contributed by atoms with Crippen molar-refractivity contribution >= 4 is 35.0 Å². The van der Waals surface area contributed by atoms with E-state index in [0.717, 1.165) is 6.07 Å². The van der Waals surface area contributed by atoms with Gasteiger partial charge in [0.1, 0.15) is 0 Å². The van der Waals surface area contributed by atoms with Crippen molar-refractivity contribution in [2.45, 2.75) is 30.4 Å². The molecule has 0 aromatic heterocycles. The van der Waals surface area contributed by atoms with E-state index in [1.54, 1.807) is 0 Å². The van der Waals surface area contributed by atoms with Gasteiger partial charge in [-0.25, -0.2) is 4.79 Å². The Morgan fingerprint density at radius 1 is 1.44 bits per heavy atom. The first-order valence-electron chi connectivity index (χ1n) is 5.02. The molecule has 1 aromatic carbocycles. The number of hydrogen-bond acceptors (Lipinski definition) is 4. The number of carboxylic acids is 1. The molecule has 0 atom stereocenters. The Balaban J connectivity index is 3.41. The van der Waals surface area contributed by atoms with E-state index in [4.69, 9.17) is 16.7 Å². The van der Waals surface area contributed by atoms with Crippen LogP contribution in [0.3, 0.4) is 0 Å². The summed E-state index contributed by atoms with van der Waals surface area (Å²) in [6.07, 6.45) is 0. The Kier molecular flexibility index (Phi) is 4.24. The molecule has 0 bridgehead atoms. The lowest BCUT2D eigenvalue weighted by Crippen LogP contribution is -2.10. The summed E-state index contributed by atoms with van der Waals surface area (Å²) in [5.74, 6) is -1.23. The van der Waals surface area contributed by atoms with Gasteiger partial charge in [-0.1, -0.05) is 32.4 Å². The number of hydrogen-bond donors (Lipinski definition) is 1. The number of nitro groups is 1. The summed E-state index contributed by atoms with van der Waals surface area (Å²) in [6, 6.07) is 2.20. The fraction of sp³-hybridized carbons (Fsp3) is 0.364. The topological polar surface area (TPSA) is 80.4 Å². The summed E-state index contributed by atoms with van der Waals surface area (Å²) in [5.41, 5.74) is -0.468. The van der Waals surface area contributed by atoms with E-state index >= 15 is 0 Å². The van der Waals surface area contributed by atoms with E-state index in [1.165, 1.54) is 17.8 Å². The number of carbonyl (C=O) groups is 1. The highest BCUT2D eigenvalue weighted by molar-refractivity contribution is 8.00. The van der Waals surface area contributed by atoms with Gasteiger partial charge in [0.05, 0.1) is 15.5 Å². The van der Waals surface area contributed by atoms with Gasteiger partial charge in [-0.05, 0) is 0 Å². The van der Waals surface area contributed by atoms with Crippen LogP contribution in [0.2, 0.25) is 5.02 Å². The van der Waals surface area contributed by atoms with Crippen molar-refractivity contribution < 1.29 is 14.8 Å². The summed E-state index contributed by atoms with van der Waals surface area (Å²) in [7, 11) is 0. The van der Waals surface area contributed by atoms with Gasteiger partial charge >= 0.3 is 5.97 Å². The Morgan fingerprint density at radius 3 is 2.39 bits per heavy atom. The molecule has 0 heterocycles. The number of aromatic carboxylic acids is 1. The number of carboxylic acid groups (broad SMARTS) is 1. The van der Waals surface area contributed by atoms with Gasteiger partial charge in [-0.2, -0.15) is 0 Å². The molecular weight excluding hydrogens is 278 g/mol. The van der Waals surface area contributed by atoms with E-state index in [2.05, 4.69) is 0 Å². The number of rotatable bonds is 3. The second-order valence-corrected chi connectivity index (χ2v) is 6.83. The Labute approximate surface area is 113 Å². The highest BCUT2D eigenvalue weighted by Gasteiger charge is 2.24. The smallest absolute Gasteiger partial charge is 0.337 e. The first-order chi connectivity index (χ1) is 8.11. The summed E-state index contributed by atoms with van der Waals surface area (Å²) in [4.78, 5) is 21.5. The van der Waals surface area contributed by atoms with E-state index in [0.29, 0.717) is 4.90 Å². The van der Waals surface area contributed by atoms with Gasteiger partial charge in [-0.3, -0.25) is 10.1 Å². The second-order valence-electron chi connectivity index (χ2n) is 4.58. The third-order valence-corrected chi connectivity index (χ3v) is 3.54. The van der Waals surface area contributed by atoms with Crippen LogP contribution in [0, 0.1) is 10.1 Å². The number of benzene rings is 1. The van der Waals surface area contributed by atoms with Gasteiger partial charge in [0.25, 0.3) is 5.69 Å². The molecule has 0 fully saturated rings. The average Bonchev–Trinajstić information content (AvgIpc) is 2.18. The molecule has 5 nitrogen and oxygen atoms in total. The molecule has 0 amide bonds. The molecule has 0 saturated carbocycles. The van der Waals surface area contributed by atoms with E-state index < -0.39 is 10.9 Å². The minimum Gasteiger partial charge on any atom is -0.478 e. The third-order valence-electron chi connectivity index (χ3n) is 1.88. The van der Waals surface area contributed by atoms with E-state index in [-0.39, 0.29) is 21.0 Å². The van der Waals surface area contributed by atoms with Crippen LogP contribution in [-0.2, 0) is 0 Å². The lowest BCUT2D eigenvalue weighted by molar-refractivity contribution is -0.384. The molecule has 0 aliphatic heterocycles. The van der Waals surface area contributed by atoms with Crippen molar-refractivity contribution in [3.8, 4) is 0 Å². The highest BCUT2D eigenvalue weighted by Crippen LogP contribution is 2.40. The summed E-state index contributed by atoms with van der Waals surface area (Å²) >= 11 is 7.21. The molecule has 7 heteroatoms. The van der Waals surface area contributed by atoms with Gasteiger partial charge in [0, 0.05) is 21.8 Å². The van der Waals surface area contributed by atoms with Crippen molar-refractivity contribution in [1.29, 1.82) is 0 Å². The minimum absolute atomic E-state index is 0.0847. The lowest BCUT2D eigenvalue weighted by Gasteiger charge is -2.19. The first-order valence-corrected chi connectivity index (χ1v) is 6.21. The Morgan fingerprint density at radius 2 is 2.00 bits per heavy atom. The zero-order valence-corrected chi connectivity index (χ0v) is 11.6. The van der Waals surface area contributed by atoms with Crippen LogP contribution in [-0.4, -0.2) is 20.7 Å². The standard InChI is InChI=1S/C11H12ClNO4S/c1-11(2,3)18-9-7(10(14)15)4-6(13(16)17)5-8(9)12/h4-5H,1-3H3,(H,14,15). The molecule has 0 aliphatic carbocycles. The van der Waals surface area contributed by atoms with Crippen molar-refractivity contribution in [2.75, 3.05) is 0 Å². The number of thioether (sulfide) groups is 1. The maximum Gasteiger partial charge on any atom is 0.337 e. The molecule has 0 aliphatic rings. The molecule has 0 saturated heterocycles. The SMILES string of the molecule is CC(C)(C)Sc1c(Cl)cc([N+](=O)[O-])cc1C(=O)O. The zero-order chi connectivity index (χ0) is 14.1. The molecule has 0 unspecified atom stereocenters. The van der Waals surface area contributed by atoms with Gasteiger partial charge < -0.3 is 5.11 Å². The number of halogens is 1. The van der Waals surface area contributed by atoms with Crippen LogP contribution in [0.25, 0.3) is 0 Å². The molecule has 1 N–H and O–H groups in total. The summed E-state index contributed by atoms with van der Waals surface area (Å²) in [5, 5.41) is 19.9.